The Hall–Kier alpha value is -3.43. The fourth-order valence-electron chi connectivity index (χ4n) is 3.75. The van der Waals surface area contributed by atoms with E-state index in [1.165, 1.54) is 10.9 Å². The van der Waals surface area contributed by atoms with Crippen molar-refractivity contribution in [2.45, 2.75) is 31.8 Å². The van der Waals surface area contributed by atoms with E-state index in [0.29, 0.717) is 52.4 Å². The van der Waals surface area contributed by atoms with Crippen LogP contribution < -0.4 is 15.4 Å². The maximum absolute atomic E-state index is 12.8. The molecule has 0 spiro atoms. The van der Waals surface area contributed by atoms with Crippen molar-refractivity contribution in [1.82, 2.24) is 25.0 Å². The molecule has 2 aliphatic rings. The third kappa shape index (κ3) is 3.22. The number of rotatable bonds is 4. The Morgan fingerprint density at radius 1 is 1.26 bits per heavy atom. The number of ether oxygens (including phenoxy) is 1. The van der Waals surface area contributed by atoms with Crippen LogP contribution in [0.4, 0.5) is 10.6 Å². The molecule has 10 heteroatoms. The van der Waals surface area contributed by atoms with Crippen LogP contribution in [0.1, 0.15) is 35.8 Å². The molecule has 1 saturated carbocycles. The molecule has 3 aromatic heterocycles. The fourth-order valence-corrected chi connectivity index (χ4v) is 4.01. The molecular formula is C21H17ClN6O3. The third-order valence-electron chi connectivity index (χ3n) is 5.53. The number of hydrogen-bond donors (Lipinski definition) is 2. The summed E-state index contributed by atoms with van der Waals surface area (Å²) in [6, 6.07) is 6.71. The lowest BCUT2D eigenvalue weighted by molar-refractivity contribution is 0.254. The number of carbonyl (C=O) groups is 1. The van der Waals surface area contributed by atoms with Gasteiger partial charge in [0.15, 0.2) is 5.82 Å². The Morgan fingerprint density at radius 3 is 3.03 bits per heavy atom. The number of aromatic nitrogens is 4. The largest absolute Gasteiger partial charge is 0.437 e. The summed E-state index contributed by atoms with van der Waals surface area (Å²) in [5.74, 6) is 2.57. The van der Waals surface area contributed by atoms with Gasteiger partial charge in [-0.3, -0.25) is 9.88 Å². The van der Waals surface area contributed by atoms with Gasteiger partial charge in [-0.2, -0.15) is 0 Å². The molecule has 0 atom stereocenters. The Kier molecular flexibility index (Phi) is 4.18. The molecule has 0 saturated heterocycles. The first-order valence-corrected chi connectivity index (χ1v) is 10.3. The van der Waals surface area contributed by atoms with Crippen LogP contribution in [-0.4, -0.2) is 25.7 Å². The van der Waals surface area contributed by atoms with Gasteiger partial charge in [0, 0.05) is 36.7 Å². The van der Waals surface area contributed by atoms with Crippen LogP contribution in [-0.2, 0) is 13.1 Å². The van der Waals surface area contributed by atoms with E-state index in [9.17, 15) is 4.79 Å². The van der Waals surface area contributed by atoms with E-state index in [-0.39, 0.29) is 6.03 Å². The second kappa shape index (κ2) is 7.07. The van der Waals surface area contributed by atoms with Crippen molar-refractivity contribution < 1.29 is 14.1 Å². The Labute approximate surface area is 181 Å². The van der Waals surface area contributed by atoms with Gasteiger partial charge >= 0.3 is 6.03 Å². The Morgan fingerprint density at radius 2 is 2.16 bits per heavy atom. The second-order valence-corrected chi connectivity index (χ2v) is 8.00. The maximum Gasteiger partial charge on any atom is 0.331 e. The van der Waals surface area contributed by atoms with Crippen molar-refractivity contribution in [1.29, 1.82) is 0 Å². The quantitative estimate of drug-likeness (QED) is 0.487. The van der Waals surface area contributed by atoms with Gasteiger partial charge in [-0.25, -0.2) is 14.8 Å². The molecule has 6 rings (SSSR count). The number of nitrogens with zero attached hydrogens (tertiary/aromatic N) is 4. The summed E-state index contributed by atoms with van der Waals surface area (Å²) >= 11 is 6.61. The number of halogens is 1. The summed E-state index contributed by atoms with van der Waals surface area (Å²) in [5, 5.41) is 11.0. The molecule has 1 amide bonds. The molecule has 0 radical (unpaired) electrons. The van der Waals surface area contributed by atoms with Gasteiger partial charge in [-0.05, 0) is 31.0 Å². The zero-order valence-electron chi connectivity index (χ0n) is 16.3. The normalized spacial score (nSPS) is 15.3. The highest BCUT2D eigenvalue weighted by molar-refractivity contribution is 6.37. The molecule has 156 valence electrons. The molecule has 1 aliphatic carbocycles. The molecule has 0 unspecified atom stereocenters. The SMILES string of the molecule is O=C(Nc1cc(C2CC2)on1)n1ccc2c(Cl)c(Oc3ncnc4c3CNC4)ccc21. The molecule has 4 aromatic rings. The molecule has 1 aromatic carbocycles. The predicted octanol–water partition coefficient (Wildman–Crippen LogP) is 4.43. The highest BCUT2D eigenvalue weighted by Gasteiger charge is 2.28. The van der Waals surface area contributed by atoms with Gasteiger partial charge < -0.3 is 14.6 Å². The van der Waals surface area contributed by atoms with Gasteiger partial charge in [-0.15, -0.1) is 0 Å². The maximum atomic E-state index is 12.8. The monoisotopic (exact) mass is 436 g/mol. The van der Waals surface area contributed by atoms with Crippen LogP contribution in [0.3, 0.4) is 0 Å². The molecule has 1 aliphatic heterocycles. The first-order chi connectivity index (χ1) is 15.2. The average molecular weight is 437 g/mol. The van der Waals surface area contributed by atoms with E-state index in [2.05, 4.69) is 25.8 Å². The standard InChI is InChI=1S/C21H17ClN6O3/c22-19-12-5-6-28(21(29)26-18-7-17(31-27-18)11-1-2-11)15(12)3-4-16(19)30-20-13-8-23-9-14(13)24-10-25-20/h3-7,10-11,23H,1-2,8-9H2,(H,26,27,29). The number of benzene rings is 1. The summed E-state index contributed by atoms with van der Waals surface area (Å²) in [7, 11) is 0. The van der Waals surface area contributed by atoms with Crippen LogP contribution in [0, 0.1) is 0 Å². The number of anilines is 1. The summed E-state index contributed by atoms with van der Waals surface area (Å²) in [5.41, 5.74) is 2.49. The highest BCUT2D eigenvalue weighted by Crippen LogP contribution is 2.41. The minimum atomic E-state index is -0.352. The van der Waals surface area contributed by atoms with Crippen molar-refractivity contribution in [3.05, 3.63) is 58.8 Å². The zero-order valence-corrected chi connectivity index (χ0v) is 17.0. The van der Waals surface area contributed by atoms with E-state index in [1.807, 2.05) is 0 Å². The first kappa shape index (κ1) is 18.3. The summed E-state index contributed by atoms with van der Waals surface area (Å²) in [6.45, 7) is 1.33. The molecule has 2 N–H and O–H groups in total. The fraction of sp³-hybridized carbons (Fsp3) is 0.238. The van der Waals surface area contributed by atoms with Crippen LogP contribution in [0.25, 0.3) is 10.9 Å². The van der Waals surface area contributed by atoms with Gasteiger partial charge in [0.05, 0.1) is 21.8 Å². The van der Waals surface area contributed by atoms with Gasteiger partial charge in [0.1, 0.15) is 17.8 Å². The van der Waals surface area contributed by atoms with Crippen LogP contribution in [0.5, 0.6) is 11.6 Å². The molecule has 0 bridgehead atoms. The van der Waals surface area contributed by atoms with Gasteiger partial charge in [0.25, 0.3) is 0 Å². The van der Waals surface area contributed by atoms with Crippen molar-refractivity contribution in [2.75, 3.05) is 5.32 Å². The summed E-state index contributed by atoms with van der Waals surface area (Å²) in [4.78, 5) is 21.3. The number of amides is 1. The summed E-state index contributed by atoms with van der Waals surface area (Å²) < 4.78 is 12.8. The zero-order chi connectivity index (χ0) is 20.9. The smallest absolute Gasteiger partial charge is 0.331 e. The van der Waals surface area contributed by atoms with E-state index < -0.39 is 0 Å². The first-order valence-electron chi connectivity index (χ1n) is 9.96. The number of hydrogen-bond acceptors (Lipinski definition) is 7. The highest BCUT2D eigenvalue weighted by atomic mass is 35.5. The lowest BCUT2D eigenvalue weighted by Crippen LogP contribution is -2.18. The third-order valence-corrected chi connectivity index (χ3v) is 5.92. The second-order valence-electron chi connectivity index (χ2n) is 7.62. The average Bonchev–Trinajstić information content (AvgIpc) is 3.17. The lowest BCUT2D eigenvalue weighted by atomic mass is 10.2. The molecule has 4 heterocycles. The predicted molar refractivity (Wildman–Crippen MR) is 112 cm³/mol. The van der Waals surface area contributed by atoms with Gasteiger partial charge in [0.2, 0.25) is 5.88 Å². The topological polar surface area (TPSA) is 107 Å². The van der Waals surface area contributed by atoms with Crippen molar-refractivity contribution in [2.24, 2.45) is 0 Å². The van der Waals surface area contributed by atoms with Crippen LogP contribution in [0.15, 0.2) is 41.3 Å². The van der Waals surface area contributed by atoms with E-state index in [4.69, 9.17) is 20.9 Å². The molecule has 1 fully saturated rings. The lowest BCUT2D eigenvalue weighted by Gasteiger charge is -2.11. The van der Waals surface area contributed by atoms with E-state index in [1.54, 1.807) is 30.5 Å². The van der Waals surface area contributed by atoms with E-state index in [0.717, 1.165) is 29.9 Å². The van der Waals surface area contributed by atoms with Gasteiger partial charge in [-0.1, -0.05) is 16.8 Å². The van der Waals surface area contributed by atoms with E-state index >= 15 is 0 Å². The Balaban J connectivity index is 1.27. The molecular weight excluding hydrogens is 420 g/mol. The summed E-state index contributed by atoms with van der Waals surface area (Å²) in [6.07, 6.45) is 5.33. The number of fused-ring (bicyclic) bond motifs is 2. The van der Waals surface area contributed by atoms with Crippen molar-refractivity contribution in [3.63, 3.8) is 0 Å². The van der Waals surface area contributed by atoms with Crippen molar-refractivity contribution >= 4 is 34.4 Å². The molecule has 9 nitrogen and oxygen atoms in total. The minimum Gasteiger partial charge on any atom is -0.437 e. The minimum absolute atomic E-state index is 0.352. The molecule has 31 heavy (non-hydrogen) atoms. The Bertz CT molecular complexity index is 1330. The van der Waals surface area contributed by atoms with Crippen LogP contribution >= 0.6 is 11.6 Å². The van der Waals surface area contributed by atoms with Crippen molar-refractivity contribution in [3.8, 4) is 11.6 Å². The van der Waals surface area contributed by atoms with Crippen LogP contribution in [0.2, 0.25) is 5.02 Å². The number of nitrogens with one attached hydrogen (secondary N) is 2. The number of carbonyl (C=O) groups excluding carboxylic acids is 1.